The van der Waals surface area contributed by atoms with Gasteiger partial charge in [-0.1, -0.05) is 212 Å². The Morgan fingerprint density at radius 3 is 1.16 bits per heavy atom. The van der Waals surface area contributed by atoms with Crippen LogP contribution in [0.25, 0.3) is 78.9 Å². The van der Waals surface area contributed by atoms with Crippen LogP contribution in [0.4, 0.5) is 5.69 Å². The van der Waals surface area contributed by atoms with Gasteiger partial charge in [0.2, 0.25) is 34.7 Å². The lowest BCUT2D eigenvalue weighted by atomic mass is 9.89. The molecular weight excluding hydrogens is 1530 g/mol. The van der Waals surface area contributed by atoms with Crippen LogP contribution in [-0.4, -0.2) is 134 Å². The molecule has 7 aliphatic carbocycles. The molecule has 1 fully saturated rings. The van der Waals surface area contributed by atoms with E-state index in [-0.39, 0.29) is 40.2 Å². The summed E-state index contributed by atoms with van der Waals surface area (Å²) in [6, 6.07) is 45.2. The number of nitrogens with zero attached hydrogens (tertiary/aromatic N) is 7. The smallest absolute Gasteiger partial charge is 0.270 e. The molecule has 28 heteroatoms. The van der Waals surface area contributed by atoms with Crippen molar-refractivity contribution in [2.24, 2.45) is 5.92 Å². The summed E-state index contributed by atoms with van der Waals surface area (Å²) in [4.78, 5) is 200. The number of benzene rings is 7. The first-order valence-electron chi connectivity index (χ1n) is 38.7. The molecule has 0 radical (unpaired) electrons. The van der Waals surface area contributed by atoms with E-state index in [1.165, 1.54) is 37.5 Å². The number of nitro groups is 1. The first-order valence-corrected chi connectivity index (χ1v) is 39.1. The normalized spacial score (nSPS) is 14.3. The van der Waals surface area contributed by atoms with Gasteiger partial charge >= 0.3 is 0 Å². The van der Waals surface area contributed by atoms with E-state index >= 15 is 0 Å². The van der Waals surface area contributed by atoms with Crippen LogP contribution in [-0.2, 0) is 12.8 Å². The summed E-state index contributed by atoms with van der Waals surface area (Å²) in [6.45, 7) is 15.9. The molecule has 27 nitrogen and oxygen atoms in total. The first kappa shape index (κ1) is 79.7. The molecule has 6 heterocycles. The van der Waals surface area contributed by atoms with E-state index in [4.69, 9.17) is 11.6 Å². The van der Waals surface area contributed by atoms with Gasteiger partial charge in [0.1, 0.15) is 103 Å². The molecule has 7 aromatic carbocycles. The Bertz CT molecular complexity index is 6510. The molecule has 594 valence electrons. The fourth-order valence-electron chi connectivity index (χ4n) is 15.1. The van der Waals surface area contributed by atoms with Crippen molar-refractivity contribution in [1.82, 2.24) is 59.8 Å². The van der Waals surface area contributed by atoms with Gasteiger partial charge < -0.3 is 29.9 Å². The number of carbonyl (C=O) groups excluding carboxylic acids is 12. The zero-order valence-electron chi connectivity index (χ0n) is 65.5. The van der Waals surface area contributed by atoms with E-state index in [1.807, 2.05) is 114 Å². The number of carbonyl (C=O) groups is 12. The number of aromatic amines is 6. The maximum Gasteiger partial charge on any atom is 0.270 e. The second-order valence-corrected chi connectivity index (χ2v) is 30.9. The minimum absolute atomic E-state index is 0.0310. The number of nitro benzene ring substituents is 1. The lowest BCUT2D eigenvalue weighted by molar-refractivity contribution is -0.384. The Morgan fingerprint density at radius 2 is 0.731 bits per heavy atom. The molecule has 7 aliphatic rings. The van der Waals surface area contributed by atoms with Crippen LogP contribution in [0.2, 0.25) is 5.02 Å². The number of ketones is 12. The molecule has 1 saturated carbocycles. The van der Waals surface area contributed by atoms with Crippen molar-refractivity contribution in [2.75, 3.05) is 0 Å². The van der Waals surface area contributed by atoms with Gasteiger partial charge in [0.05, 0.1) is 4.92 Å². The number of fused-ring (bicyclic) bond motifs is 18. The fourth-order valence-corrected chi connectivity index (χ4v) is 15.3. The molecular formula is C91H74ClN13O14. The zero-order chi connectivity index (χ0) is 84.3. The van der Waals surface area contributed by atoms with Crippen LogP contribution in [0.15, 0.2) is 158 Å². The van der Waals surface area contributed by atoms with E-state index in [1.54, 1.807) is 60.7 Å². The average Bonchev–Trinajstić information content (AvgIpc) is 1.68. The van der Waals surface area contributed by atoms with Gasteiger partial charge in [-0.05, 0) is 43.9 Å². The van der Waals surface area contributed by atoms with Crippen LogP contribution in [0, 0.1) is 23.0 Å². The number of H-pyrrole nitrogens is 6. The van der Waals surface area contributed by atoms with E-state index in [0.29, 0.717) is 137 Å². The molecule has 0 amide bonds. The van der Waals surface area contributed by atoms with E-state index < -0.39 is 74.3 Å². The van der Waals surface area contributed by atoms with Crippen LogP contribution < -0.4 is 0 Å². The number of non-ortho nitro benzene ring substituents is 1. The molecule has 6 N–H and O–H groups in total. The Kier molecular flexibility index (Phi) is 21.7. The third-order valence-electron chi connectivity index (χ3n) is 21.2. The van der Waals surface area contributed by atoms with E-state index in [2.05, 4.69) is 73.7 Å². The number of halogens is 1. The standard InChI is InChI=1S/C18H12N2O2.C17H16N2O2.C15H14N2O2.C14H11ClN2O2.C14H11N3O4.C13H10N2O2/c1-10-6-8-11(9-7-10)18-19-14-12-4-2-3-5-13(12)16(21)17(22)15(14)20-18;20-15-12-9-5-4-8-11(12)13-14(16(15)21)19-17(18-13)10-6-2-1-3-7-10;1-8(2)7-11-16-12-9-5-3-4-6-10(9)14(18)15(19)13(12)17-11;1-6(2)14-16-10-8-4-3-7(15)5-9(8)12(18)13(19)11(10)17-14;1-6(2)14-15-10-8-4-3-7(17(20)21)5-9(8)12(18)13(19)11(10)16-14;1-2-9-14-10-7-5-3-4-6-8(7)12(16)13(17)11(10)15-9/h2-9H,1H3,(H,19,20);4-5,8-10H,1-3,6-7H2,(H,18,19);3-6,8H,7H2,1-2H3,(H,16,17);3-6H,1-2H3,(H,16,17);3-6H,1-2H3,(H,15,16);3-6H,2H2,1H3,(H,14,15). The number of hydrogen-bond donors (Lipinski definition) is 6. The van der Waals surface area contributed by atoms with Crippen molar-refractivity contribution in [3.63, 3.8) is 0 Å². The van der Waals surface area contributed by atoms with Gasteiger partial charge in [0, 0.05) is 120 Å². The van der Waals surface area contributed by atoms with Gasteiger partial charge in [0.25, 0.3) is 40.4 Å². The van der Waals surface area contributed by atoms with Gasteiger partial charge in [-0.3, -0.25) is 67.6 Å². The monoisotopic (exact) mass is 1610 g/mol. The maximum atomic E-state index is 12.3. The third-order valence-corrected chi connectivity index (χ3v) is 21.5. The predicted molar refractivity (Wildman–Crippen MR) is 440 cm³/mol. The Hall–Kier alpha value is -14.5. The largest absolute Gasteiger partial charge is 0.339 e. The molecule has 119 heavy (non-hydrogen) atoms. The highest BCUT2D eigenvalue weighted by Crippen LogP contribution is 2.42. The molecule has 0 saturated heterocycles. The summed E-state index contributed by atoms with van der Waals surface area (Å²) in [6.07, 6.45) is 7.37. The summed E-state index contributed by atoms with van der Waals surface area (Å²) in [5.41, 5.74) is 13.1. The first-order chi connectivity index (χ1) is 57.1. The number of aromatic nitrogens is 12. The fraction of sp³-hybridized carbons (Fsp3) is 0.209. The van der Waals surface area contributed by atoms with Crippen molar-refractivity contribution >= 4 is 86.7 Å². The zero-order valence-corrected chi connectivity index (χ0v) is 66.3. The highest BCUT2D eigenvalue weighted by Gasteiger charge is 2.41. The summed E-state index contributed by atoms with van der Waals surface area (Å²) in [7, 11) is 0. The van der Waals surface area contributed by atoms with E-state index in [9.17, 15) is 67.6 Å². The van der Waals surface area contributed by atoms with Crippen molar-refractivity contribution in [2.45, 2.75) is 118 Å². The number of imidazole rings is 6. The predicted octanol–water partition coefficient (Wildman–Crippen LogP) is 17.3. The Balaban J connectivity index is 0.000000112. The van der Waals surface area contributed by atoms with Gasteiger partial charge in [-0.25, -0.2) is 29.9 Å². The summed E-state index contributed by atoms with van der Waals surface area (Å²) in [5, 5.41) is 11.2. The Labute approximate surface area is 683 Å². The van der Waals surface area contributed by atoms with Crippen molar-refractivity contribution in [3.8, 4) is 78.9 Å². The second kappa shape index (κ2) is 32.3. The summed E-state index contributed by atoms with van der Waals surface area (Å²) in [5.74, 6) is -1.03. The number of rotatable bonds is 8. The molecule has 0 unspecified atom stereocenters. The molecule has 0 spiro atoms. The number of nitrogens with one attached hydrogen (secondary N) is 6. The van der Waals surface area contributed by atoms with Gasteiger partial charge in [-0.2, -0.15) is 0 Å². The SMILES string of the molecule is CC(C)Cc1nc2c([nH]1)C(=O)C(=O)c1ccccc1-2.CC(C)c1nc2c([nH]1)C(=O)C(=O)c1cc(Cl)ccc1-2.CC(C)c1nc2c([nH]1)C(=O)C(=O)c1cc([N+](=O)[O-])ccc1-2.CCc1nc2c([nH]1)C(=O)C(=O)c1ccccc1-2.Cc1ccc(-c2nc3c([nH]2)C(=O)C(=O)c2ccccc2-3)cc1.O=C1C(=O)c2[nH]c(C3CCCCC3)nc2-c2ccccc21. The second-order valence-electron chi connectivity index (χ2n) is 30.4. The van der Waals surface area contributed by atoms with Crippen LogP contribution in [0.5, 0.6) is 0 Å². The lowest BCUT2D eigenvalue weighted by Crippen LogP contribution is -2.21. The van der Waals surface area contributed by atoms with Crippen LogP contribution in [0.3, 0.4) is 0 Å². The van der Waals surface area contributed by atoms with Crippen LogP contribution in [0.1, 0.15) is 258 Å². The highest BCUT2D eigenvalue weighted by molar-refractivity contribution is 6.56. The van der Waals surface area contributed by atoms with Crippen LogP contribution >= 0.6 is 11.6 Å². The maximum absolute atomic E-state index is 12.3. The van der Waals surface area contributed by atoms with E-state index in [0.717, 1.165) is 70.6 Å². The molecule has 0 aliphatic heterocycles. The molecule has 0 bridgehead atoms. The lowest BCUT2D eigenvalue weighted by Gasteiger charge is -2.19. The van der Waals surface area contributed by atoms with Crippen molar-refractivity contribution in [3.05, 3.63) is 275 Å². The quantitative estimate of drug-likeness (QED) is 0.0467. The van der Waals surface area contributed by atoms with Crippen molar-refractivity contribution in [1.29, 1.82) is 0 Å². The average molecular weight is 1610 g/mol. The Morgan fingerprint density at radius 1 is 0.378 bits per heavy atom. The summed E-state index contributed by atoms with van der Waals surface area (Å²) < 4.78 is 0. The third kappa shape index (κ3) is 14.9. The minimum atomic E-state index is -0.750. The van der Waals surface area contributed by atoms with Gasteiger partial charge in [-0.15, -0.1) is 0 Å². The number of hydrogen-bond acceptors (Lipinski definition) is 20. The minimum Gasteiger partial charge on any atom is -0.339 e. The highest BCUT2D eigenvalue weighted by atomic mass is 35.5. The number of Topliss-reactive ketones (excluding diaryl/α,β-unsaturated/α-hetero) is 12. The molecule has 20 rings (SSSR count). The van der Waals surface area contributed by atoms with Crippen molar-refractivity contribution < 1.29 is 62.5 Å². The molecule has 13 aromatic rings. The topological polar surface area (TPSA) is 420 Å². The molecule has 6 aromatic heterocycles. The molecule has 0 atom stereocenters. The number of aryl methyl sites for hydroxylation is 2. The summed E-state index contributed by atoms with van der Waals surface area (Å²) >= 11 is 5.88. The van der Waals surface area contributed by atoms with Gasteiger partial charge in [0.15, 0.2) is 0 Å².